The number of rotatable bonds is 6. The quantitative estimate of drug-likeness (QED) is 0.581. The zero-order valence-electron chi connectivity index (χ0n) is 17.2. The van der Waals surface area contributed by atoms with Gasteiger partial charge in [-0.1, -0.05) is 29.3 Å². The fraction of sp³-hybridized carbons (Fsp3) is 0.348. The Morgan fingerprint density at radius 1 is 1.03 bits per heavy atom. The monoisotopic (exact) mass is 478 g/mol. The molecule has 4 rings (SSSR count). The summed E-state index contributed by atoms with van der Waals surface area (Å²) in [5.41, 5.74) is 1.15. The van der Waals surface area contributed by atoms with Crippen LogP contribution in [0.1, 0.15) is 31.4 Å². The molecule has 3 heterocycles. The molecule has 0 saturated carbocycles. The van der Waals surface area contributed by atoms with E-state index in [2.05, 4.69) is 22.0 Å². The number of carboxylic acids is 2. The third kappa shape index (κ3) is 6.95. The molecule has 2 aliphatic rings. The van der Waals surface area contributed by atoms with Gasteiger partial charge in [-0.05, 0) is 49.9 Å². The molecule has 1 aromatic heterocycles. The molecule has 0 amide bonds. The lowest BCUT2D eigenvalue weighted by molar-refractivity contribution is -0.134. The van der Waals surface area contributed by atoms with E-state index in [1.165, 1.54) is 12.8 Å². The molecule has 2 N–H and O–H groups in total. The molecule has 0 spiro atoms. The van der Waals surface area contributed by atoms with Gasteiger partial charge in [-0.2, -0.15) is 0 Å². The summed E-state index contributed by atoms with van der Waals surface area (Å²) in [6.45, 7) is 0.940. The Labute approximate surface area is 196 Å². The van der Waals surface area contributed by atoms with E-state index in [-0.39, 0.29) is 6.10 Å². The number of halogens is 2. The van der Waals surface area contributed by atoms with Crippen molar-refractivity contribution in [3.8, 4) is 5.75 Å². The van der Waals surface area contributed by atoms with Crippen LogP contribution in [0.15, 0.2) is 54.7 Å². The highest BCUT2D eigenvalue weighted by Gasteiger charge is 2.41. The van der Waals surface area contributed by atoms with Crippen LogP contribution in [-0.4, -0.2) is 50.2 Å². The molecule has 7 nitrogen and oxygen atoms in total. The van der Waals surface area contributed by atoms with E-state index < -0.39 is 11.9 Å². The number of aromatic nitrogens is 1. The number of nitrogens with zero attached hydrogens (tertiary/aromatic N) is 2. The average molecular weight is 479 g/mol. The highest BCUT2D eigenvalue weighted by molar-refractivity contribution is 6.42. The van der Waals surface area contributed by atoms with E-state index in [9.17, 15) is 9.59 Å². The van der Waals surface area contributed by atoms with Crippen molar-refractivity contribution in [3.05, 3.63) is 70.5 Å². The van der Waals surface area contributed by atoms with Crippen molar-refractivity contribution in [3.63, 3.8) is 0 Å². The largest absolute Gasteiger partial charge is 0.490 e. The number of aliphatic carboxylic acids is 2. The second-order valence-corrected chi connectivity index (χ2v) is 8.49. The van der Waals surface area contributed by atoms with Crippen molar-refractivity contribution in [2.45, 2.75) is 50.4 Å². The Morgan fingerprint density at radius 3 is 2.22 bits per heavy atom. The number of carboxylic acid groups (broad SMARTS) is 2. The second kappa shape index (κ2) is 11.3. The molecule has 170 valence electrons. The zero-order valence-corrected chi connectivity index (χ0v) is 18.7. The molecule has 2 bridgehead atoms. The third-order valence-corrected chi connectivity index (χ3v) is 6.21. The lowest BCUT2D eigenvalue weighted by atomic mass is 9.99. The molecular formula is C23H24Cl2N2O5. The average Bonchev–Trinajstić information content (AvgIpc) is 2.98. The molecule has 0 aliphatic carbocycles. The van der Waals surface area contributed by atoms with Gasteiger partial charge < -0.3 is 14.9 Å². The number of ether oxygens (including phenoxy) is 1. The van der Waals surface area contributed by atoms with Crippen LogP contribution in [0.4, 0.5) is 0 Å². The smallest absolute Gasteiger partial charge is 0.328 e. The summed E-state index contributed by atoms with van der Waals surface area (Å²) in [6.07, 6.45) is 7.85. The third-order valence-electron chi connectivity index (χ3n) is 5.47. The van der Waals surface area contributed by atoms with Crippen LogP contribution in [0.25, 0.3) is 0 Å². The predicted molar refractivity (Wildman–Crippen MR) is 121 cm³/mol. The molecule has 32 heavy (non-hydrogen) atoms. The summed E-state index contributed by atoms with van der Waals surface area (Å²) in [7, 11) is 0. The summed E-state index contributed by atoms with van der Waals surface area (Å²) in [5, 5.41) is 16.7. The van der Waals surface area contributed by atoms with E-state index in [0.717, 1.165) is 30.8 Å². The Balaban J connectivity index is 0.000000312. The maximum absolute atomic E-state index is 9.55. The van der Waals surface area contributed by atoms with Crippen molar-refractivity contribution in [1.82, 2.24) is 9.88 Å². The summed E-state index contributed by atoms with van der Waals surface area (Å²) < 4.78 is 6.19. The minimum Gasteiger partial charge on any atom is -0.490 e. The van der Waals surface area contributed by atoms with Crippen molar-refractivity contribution in [2.75, 3.05) is 0 Å². The summed E-state index contributed by atoms with van der Waals surface area (Å²) in [5.74, 6) is -1.70. The van der Waals surface area contributed by atoms with Gasteiger partial charge >= 0.3 is 11.9 Å². The number of hydrogen-bond donors (Lipinski definition) is 2. The van der Waals surface area contributed by atoms with Gasteiger partial charge in [-0.25, -0.2) is 9.59 Å². The molecule has 0 radical (unpaired) electrons. The normalized spacial score (nSPS) is 22.2. The van der Waals surface area contributed by atoms with Crippen molar-refractivity contribution >= 4 is 35.1 Å². The standard InChI is InChI=1S/C19H20Cl2N2O.C4H4O4/c20-18-7-6-16(11-19(18)21)24-17-9-14-4-5-15(10-17)23(14)12-13-3-1-2-8-22-13;5-3(6)1-2-4(7)8/h1-3,6-8,11,14-15,17H,4-5,9-10,12H2;1-2H,(H,5,6)(H,7,8)/b;2-1+. The van der Waals surface area contributed by atoms with E-state index in [1.807, 2.05) is 24.4 Å². The maximum atomic E-state index is 9.55. The van der Waals surface area contributed by atoms with Gasteiger partial charge in [0.1, 0.15) is 11.9 Å². The minimum atomic E-state index is -1.26. The number of benzene rings is 1. The lowest BCUT2D eigenvalue weighted by Gasteiger charge is -2.38. The van der Waals surface area contributed by atoms with Gasteiger partial charge in [0.15, 0.2) is 0 Å². The van der Waals surface area contributed by atoms with E-state index in [0.29, 0.717) is 34.3 Å². The first-order valence-electron chi connectivity index (χ1n) is 10.2. The lowest BCUT2D eigenvalue weighted by Crippen LogP contribution is -2.45. The second-order valence-electron chi connectivity index (χ2n) is 7.68. The van der Waals surface area contributed by atoms with Crippen LogP contribution in [0.2, 0.25) is 10.0 Å². The zero-order chi connectivity index (χ0) is 23.1. The summed E-state index contributed by atoms with van der Waals surface area (Å²) in [6, 6.07) is 12.8. The molecule has 2 unspecified atom stereocenters. The molecule has 2 fully saturated rings. The summed E-state index contributed by atoms with van der Waals surface area (Å²) >= 11 is 12.1. The first kappa shape index (κ1) is 24.0. The van der Waals surface area contributed by atoms with Crippen molar-refractivity contribution < 1.29 is 24.5 Å². The van der Waals surface area contributed by atoms with E-state index in [1.54, 1.807) is 6.07 Å². The topological polar surface area (TPSA) is 100.0 Å². The molecule has 9 heteroatoms. The molecule has 2 saturated heterocycles. The van der Waals surface area contributed by atoms with Gasteiger partial charge in [0.05, 0.1) is 15.7 Å². The molecule has 2 aliphatic heterocycles. The molecule has 1 aromatic carbocycles. The maximum Gasteiger partial charge on any atom is 0.328 e. The van der Waals surface area contributed by atoms with Crippen LogP contribution >= 0.6 is 23.2 Å². The summed E-state index contributed by atoms with van der Waals surface area (Å²) in [4.78, 5) is 26.2. The van der Waals surface area contributed by atoms with Crippen LogP contribution in [0, 0.1) is 0 Å². The van der Waals surface area contributed by atoms with E-state index in [4.69, 9.17) is 38.2 Å². The van der Waals surface area contributed by atoms with Gasteiger partial charge in [-0.3, -0.25) is 9.88 Å². The van der Waals surface area contributed by atoms with Crippen LogP contribution < -0.4 is 4.74 Å². The first-order chi connectivity index (χ1) is 15.3. The Kier molecular flexibility index (Phi) is 8.50. The number of carbonyl (C=O) groups is 2. The van der Waals surface area contributed by atoms with E-state index >= 15 is 0 Å². The Hall–Kier alpha value is -2.61. The fourth-order valence-electron chi connectivity index (χ4n) is 4.14. The number of pyridine rings is 1. The number of piperidine rings is 1. The van der Waals surface area contributed by atoms with Gasteiger partial charge in [0, 0.05) is 43.0 Å². The molecule has 2 aromatic rings. The van der Waals surface area contributed by atoms with Crippen LogP contribution in [-0.2, 0) is 16.1 Å². The Bertz CT molecular complexity index is 940. The minimum absolute atomic E-state index is 0.250. The van der Waals surface area contributed by atoms with Crippen molar-refractivity contribution in [1.29, 1.82) is 0 Å². The highest BCUT2D eigenvalue weighted by atomic mass is 35.5. The van der Waals surface area contributed by atoms with Gasteiger partial charge in [0.25, 0.3) is 0 Å². The fourth-order valence-corrected chi connectivity index (χ4v) is 4.43. The molecular weight excluding hydrogens is 455 g/mol. The van der Waals surface area contributed by atoms with Crippen LogP contribution in [0.3, 0.4) is 0 Å². The number of hydrogen-bond acceptors (Lipinski definition) is 5. The Morgan fingerprint density at radius 2 is 1.69 bits per heavy atom. The van der Waals surface area contributed by atoms with Crippen LogP contribution in [0.5, 0.6) is 5.75 Å². The first-order valence-corrected chi connectivity index (χ1v) is 11.0. The van der Waals surface area contributed by atoms with Gasteiger partial charge in [0.2, 0.25) is 0 Å². The van der Waals surface area contributed by atoms with Crippen molar-refractivity contribution in [2.24, 2.45) is 0 Å². The molecule has 2 atom stereocenters. The van der Waals surface area contributed by atoms with Gasteiger partial charge in [-0.15, -0.1) is 0 Å². The SMILES string of the molecule is Clc1ccc(OC2CC3CCC(C2)N3Cc2ccccn2)cc1Cl.O=C(O)/C=C/C(=O)O. The predicted octanol–water partition coefficient (Wildman–Crippen LogP) is 4.67. The highest BCUT2D eigenvalue weighted by Crippen LogP contribution is 2.38. The number of fused-ring (bicyclic) bond motifs is 2.